The number of fused-ring (bicyclic) bond motifs is 18. The summed E-state index contributed by atoms with van der Waals surface area (Å²) in [5, 5.41) is 15.1. The lowest BCUT2D eigenvalue weighted by Gasteiger charge is -2.17. The van der Waals surface area contributed by atoms with Gasteiger partial charge in [-0.15, -0.1) is 0 Å². The Morgan fingerprint density at radius 1 is 0.111 bits per heavy atom. The van der Waals surface area contributed by atoms with Crippen molar-refractivity contribution in [1.29, 1.82) is 0 Å². The highest BCUT2D eigenvalue weighted by atomic mass is 15.1. The normalized spacial score (nSPS) is 12.0. The Hall–Kier alpha value is -12.1. The molecule has 90 heavy (non-hydrogen) atoms. The molecule has 0 fully saturated rings. The van der Waals surface area contributed by atoms with Crippen LogP contribution in [0.25, 0.3) is 165 Å². The molecule has 6 nitrogen and oxygen atoms in total. The van der Waals surface area contributed by atoms with Crippen molar-refractivity contribution >= 4 is 131 Å². The summed E-state index contributed by atoms with van der Waals surface area (Å²) in [7, 11) is 0. The molecule has 0 bridgehead atoms. The van der Waals surface area contributed by atoms with Crippen molar-refractivity contribution in [3.05, 3.63) is 328 Å². The van der Waals surface area contributed by atoms with E-state index in [2.05, 4.69) is 355 Å². The molecule has 0 amide bonds. The molecule has 0 aliphatic rings. The zero-order valence-electron chi connectivity index (χ0n) is 48.9. The van der Waals surface area contributed by atoms with Crippen molar-refractivity contribution in [2.45, 2.75) is 0 Å². The van der Waals surface area contributed by atoms with Crippen LogP contribution in [-0.2, 0) is 0 Å². The monoisotopic (exact) mass is 1150 g/mol. The van der Waals surface area contributed by atoms with Crippen LogP contribution in [0.3, 0.4) is 0 Å². The quantitative estimate of drug-likeness (QED) is 0.159. The van der Waals surface area contributed by atoms with Gasteiger partial charge in [-0.3, -0.25) is 0 Å². The lowest BCUT2D eigenvalue weighted by molar-refractivity contribution is 1.10. The van der Waals surface area contributed by atoms with Crippen molar-refractivity contribution in [1.82, 2.24) is 27.4 Å². The standard InChI is InChI=1S/2C42H27N3/c2*1-7-19-37-31(13-1)32-14-2-8-20-38(32)43(37)28-25-29(44-39-21-9-3-15-33(39)34-16-4-10-22-40(34)44)27-30(26-28)45-41-23-11-5-17-35(41)36-18-6-12-24-42(36)45/h2*1-27H. The Balaban J connectivity index is 0.000000130. The van der Waals surface area contributed by atoms with Gasteiger partial charge in [0, 0.05) is 64.6 Å². The summed E-state index contributed by atoms with van der Waals surface area (Å²) < 4.78 is 14.6. The maximum Gasteiger partial charge on any atom is 0.0541 e. The fourth-order valence-corrected chi connectivity index (χ4v) is 15.1. The molecule has 14 aromatic carbocycles. The summed E-state index contributed by atoms with van der Waals surface area (Å²) in [5.74, 6) is 0. The number of aromatic nitrogens is 6. The molecule has 0 atom stereocenters. The minimum Gasteiger partial charge on any atom is -0.309 e. The second-order valence-electron chi connectivity index (χ2n) is 23.6. The topological polar surface area (TPSA) is 29.6 Å². The second kappa shape index (κ2) is 19.7. The van der Waals surface area contributed by atoms with Crippen LogP contribution in [0.1, 0.15) is 0 Å². The molecular formula is C84H54N6. The molecule has 0 saturated heterocycles. The van der Waals surface area contributed by atoms with Crippen molar-refractivity contribution < 1.29 is 0 Å². The summed E-state index contributed by atoms with van der Waals surface area (Å²) in [4.78, 5) is 0. The van der Waals surface area contributed by atoms with Gasteiger partial charge in [-0.05, 0) is 109 Å². The number of hydrogen-bond acceptors (Lipinski definition) is 0. The van der Waals surface area contributed by atoms with E-state index in [1.165, 1.54) is 131 Å². The van der Waals surface area contributed by atoms with Crippen LogP contribution in [0.15, 0.2) is 328 Å². The van der Waals surface area contributed by atoms with Gasteiger partial charge in [0.05, 0.1) is 100 Å². The van der Waals surface area contributed by atoms with Gasteiger partial charge in [0.1, 0.15) is 0 Å². The highest BCUT2D eigenvalue weighted by Crippen LogP contribution is 2.42. The Morgan fingerprint density at radius 2 is 0.200 bits per heavy atom. The van der Waals surface area contributed by atoms with E-state index in [1.807, 2.05) is 0 Å². The van der Waals surface area contributed by atoms with E-state index in [-0.39, 0.29) is 0 Å². The first kappa shape index (κ1) is 50.1. The average molecular weight is 1150 g/mol. The van der Waals surface area contributed by atoms with E-state index < -0.39 is 0 Å². The number of nitrogens with zero attached hydrogens (tertiary/aromatic N) is 6. The maximum absolute atomic E-state index is 2.43. The third kappa shape index (κ3) is 7.39. The Labute approximate surface area is 517 Å². The van der Waals surface area contributed by atoms with Crippen LogP contribution >= 0.6 is 0 Å². The van der Waals surface area contributed by atoms with E-state index in [4.69, 9.17) is 0 Å². The predicted molar refractivity (Wildman–Crippen MR) is 379 cm³/mol. The molecule has 6 aromatic heterocycles. The van der Waals surface area contributed by atoms with E-state index in [0.29, 0.717) is 0 Å². The lowest BCUT2D eigenvalue weighted by Crippen LogP contribution is -2.03. The maximum atomic E-state index is 2.43. The van der Waals surface area contributed by atoms with Crippen LogP contribution in [0.5, 0.6) is 0 Å². The molecule has 0 aliphatic heterocycles. The van der Waals surface area contributed by atoms with Gasteiger partial charge < -0.3 is 27.4 Å². The largest absolute Gasteiger partial charge is 0.309 e. The smallest absolute Gasteiger partial charge is 0.0541 e. The van der Waals surface area contributed by atoms with Crippen LogP contribution in [0.4, 0.5) is 0 Å². The Kier molecular flexibility index (Phi) is 11.0. The van der Waals surface area contributed by atoms with Gasteiger partial charge in [0.15, 0.2) is 0 Å². The Morgan fingerprint density at radius 3 is 0.300 bits per heavy atom. The van der Waals surface area contributed by atoms with E-state index in [1.54, 1.807) is 0 Å². The van der Waals surface area contributed by atoms with Gasteiger partial charge in [-0.25, -0.2) is 0 Å². The highest BCUT2D eigenvalue weighted by molar-refractivity contribution is 6.15. The van der Waals surface area contributed by atoms with E-state index in [0.717, 1.165) is 34.1 Å². The molecule has 6 heteroatoms. The molecule has 0 unspecified atom stereocenters. The molecule has 20 aromatic rings. The van der Waals surface area contributed by atoms with Crippen LogP contribution in [0.2, 0.25) is 0 Å². The summed E-state index contributed by atoms with van der Waals surface area (Å²) in [5.41, 5.74) is 21.2. The molecule has 0 saturated carbocycles. The SMILES string of the molecule is c1ccc2c(c1)c1ccccc1n2-c1cc(-n2c3ccccc3c3ccccc32)cc(-n2c3ccccc3c3ccccc32)c1.c1ccc2c(c1)c1ccccc1n2-c1cc(-n2c3ccccc3c3ccccc32)cc(-n2c3ccccc3c3ccccc32)c1. The third-order valence-corrected chi connectivity index (χ3v) is 18.8. The van der Waals surface area contributed by atoms with Crippen molar-refractivity contribution in [2.75, 3.05) is 0 Å². The minimum atomic E-state index is 1.13. The molecule has 6 heterocycles. The first-order chi connectivity index (χ1) is 44.7. The molecule has 0 aliphatic carbocycles. The van der Waals surface area contributed by atoms with Crippen LogP contribution in [0, 0.1) is 0 Å². The number of para-hydroxylation sites is 12. The van der Waals surface area contributed by atoms with E-state index >= 15 is 0 Å². The number of hydrogen-bond donors (Lipinski definition) is 0. The van der Waals surface area contributed by atoms with Crippen LogP contribution < -0.4 is 0 Å². The van der Waals surface area contributed by atoms with Gasteiger partial charge in [0.2, 0.25) is 0 Å². The van der Waals surface area contributed by atoms with Gasteiger partial charge in [-0.1, -0.05) is 218 Å². The van der Waals surface area contributed by atoms with Crippen LogP contribution in [-0.4, -0.2) is 27.4 Å². The zero-order valence-corrected chi connectivity index (χ0v) is 48.9. The van der Waals surface area contributed by atoms with Gasteiger partial charge in [-0.2, -0.15) is 0 Å². The lowest BCUT2D eigenvalue weighted by atomic mass is 10.2. The molecule has 0 N–H and O–H groups in total. The minimum absolute atomic E-state index is 1.13. The third-order valence-electron chi connectivity index (χ3n) is 18.8. The summed E-state index contributed by atoms with van der Waals surface area (Å²) in [6, 6.07) is 119. The molecule has 20 rings (SSSR count). The number of benzene rings is 14. The molecular weight excluding hydrogens is 1090 g/mol. The average Bonchev–Trinajstić information content (AvgIpc) is 1.70. The first-order valence-electron chi connectivity index (χ1n) is 30.9. The molecule has 0 radical (unpaired) electrons. The Bertz CT molecular complexity index is 4970. The molecule has 0 spiro atoms. The van der Waals surface area contributed by atoms with Crippen molar-refractivity contribution in [3.8, 4) is 34.1 Å². The van der Waals surface area contributed by atoms with Crippen molar-refractivity contribution in [3.63, 3.8) is 0 Å². The first-order valence-corrected chi connectivity index (χ1v) is 30.9. The van der Waals surface area contributed by atoms with Gasteiger partial charge in [0.25, 0.3) is 0 Å². The summed E-state index contributed by atoms with van der Waals surface area (Å²) in [6.45, 7) is 0. The van der Waals surface area contributed by atoms with Crippen molar-refractivity contribution in [2.24, 2.45) is 0 Å². The fraction of sp³-hybridized carbons (Fsp3) is 0. The second-order valence-corrected chi connectivity index (χ2v) is 23.6. The zero-order chi connectivity index (χ0) is 59.0. The number of rotatable bonds is 6. The highest BCUT2D eigenvalue weighted by Gasteiger charge is 2.22. The summed E-state index contributed by atoms with van der Waals surface area (Å²) >= 11 is 0. The molecule has 420 valence electrons. The fourth-order valence-electron chi connectivity index (χ4n) is 15.1. The van der Waals surface area contributed by atoms with E-state index in [9.17, 15) is 0 Å². The predicted octanol–water partition coefficient (Wildman–Crippen LogP) is 22.0. The van der Waals surface area contributed by atoms with Gasteiger partial charge >= 0.3 is 0 Å². The summed E-state index contributed by atoms with van der Waals surface area (Å²) in [6.07, 6.45) is 0.